The lowest BCUT2D eigenvalue weighted by molar-refractivity contribution is -0.124. The molecule has 0 spiro atoms. The molecule has 0 radical (unpaired) electrons. The molecule has 0 aliphatic rings. The highest BCUT2D eigenvalue weighted by Gasteiger charge is 2.07. The van der Waals surface area contributed by atoms with Crippen molar-refractivity contribution in [1.29, 1.82) is 0 Å². The van der Waals surface area contributed by atoms with Gasteiger partial charge in [-0.2, -0.15) is 0 Å². The van der Waals surface area contributed by atoms with Crippen molar-refractivity contribution >= 4 is 11.8 Å². The van der Waals surface area contributed by atoms with Crippen LogP contribution in [0, 0.1) is 0 Å². The predicted octanol–water partition coefficient (Wildman–Crippen LogP) is 0.622. The van der Waals surface area contributed by atoms with Gasteiger partial charge < -0.3 is 10.5 Å². The fraction of sp³-hybridized carbons (Fsp3) is 0.333. The third kappa shape index (κ3) is 4.84. The third-order valence-electron chi connectivity index (χ3n) is 1.95. The number of primary amides is 1. The summed E-state index contributed by atoms with van der Waals surface area (Å²) in [6, 6.07) is 6.67. The number of benzene rings is 1. The van der Waals surface area contributed by atoms with E-state index in [2.05, 4.69) is 10.3 Å². The zero-order chi connectivity index (χ0) is 13.4. The van der Waals surface area contributed by atoms with Gasteiger partial charge in [0.25, 0.3) is 5.91 Å². The van der Waals surface area contributed by atoms with Gasteiger partial charge in [0.1, 0.15) is 5.75 Å². The molecule has 0 aromatic heterocycles. The quantitative estimate of drug-likeness (QED) is 0.696. The Morgan fingerprint density at radius 2 is 2.17 bits per heavy atom. The largest absolute Gasteiger partial charge is 0.494 e. The van der Waals surface area contributed by atoms with Crippen molar-refractivity contribution in [2.24, 2.45) is 5.73 Å². The van der Waals surface area contributed by atoms with E-state index in [1.54, 1.807) is 24.3 Å². The minimum atomic E-state index is -0.657. The van der Waals surface area contributed by atoms with Gasteiger partial charge in [-0.3, -0.25) is 14.4 Å². The second-order valence-electron chi connectivity index (χ2n) is 3.56. The molecule has 1 rings (SSSR count). The summed E-state index contributed by atoms with van der Waals surface area (Å²) in [6.45, 7) is 2.22. The molecule has 0 saturated carbocycles. The van der Waals surface area contributed by atoms with Crippen LogP contribution in [0.15, 0.2) is 24.3 Å². The molecule has 98 valence electrons. The molecule has 18 heavy (non-hydrogen) atoms. The number of hydroxylamine groups is 1. The van der Waals surface area contributed by atoms with E-state index in [4.69, 9.17) is 10.5 Å². The van der Waals surface area contributed by atoms with Crippen LogP contribution >= 0.6 is 0 Å². The van der Waals surface area contributed by atoms with E-state index in [0.717, 1.165) is 6.42 Å². The number of ether oxygens (including phenoxy) is 1. The zero-order valence-corrected chi connectivity index (χ0v) is 10.1. The van der Waals surface area contributed by atoms with E-state index in [9.17, 15) is 9.59 Å². The molecule has 6 nitrogen and oxygen atoms in total. The molecule has 0 aliphatic carbocycles. The van der Waals surface area contributed by atoms with Gasteiger partial charge in [0.2, 0.25) is 5.91 Å². The number of hydrogen-bond acceptors (Lipinski definition) is 4. The number of nitrogens with one attached hydrogen (secondary N) is 1. The van der Waals surface area contributed by atoms with Crippen LogP contribution < -0.4 is 16.0 Å². The molecular formula is C12H16N2O4. The zero-order valence-electron chi connectivity index (χ0n) is 10.1. The van der Waals surface area contributed by atoms with Crippen molar-refractivity contribution in [3.05, 3.63) is 29.8 Å². The summed E-state index contributed by atoms with van der Waals surface area (Å²) in [5.74, 6) is -0.507. The van der Waals surface area contributed by atoms with Crippen LogP contribution in [0.4, 0.5) is 0 Å². The Labute approximate surface area is 105 Å². The Hall–Kier alpha value is -2.08. The minimum Gasteiger partial charge on any atom is -0.494 e. The van der Waals surface area contributed by atoms with Gasteiger partial charge in [-0.15, -0.1) is 0 Å². The van der Waals surface area contributed by atoms with E-state index in [1.165, 1.54) is 0 Å². The van der Waals surface area contributed by atoms with E-state index in [1.807, 2.05) is 6.92 Å². The van der Waals surface area contributed by atoms with Crippen molar-refractivity contribution in [1.82, 2.24) is 5.48 Å². The highest BCUT2D eigenvalue weighted by molar-refractivity contribution is 5.93. The van der Waals surface area contributed by atoms with Crippen molar-refractivity contribution in [2.75, 3.05) is 13.2 Å². The molecule has 0 fully saturated rings. The second-order valence-corrected chi connectivity index (χ2v) is 3.56. The standard InChI is InChI=1S/C12H16N2O4/c1-2-6-17-10-5-3-4-9(7-10)12(16)14-18-8-11(13)15/h3-5,7H,2,6,8H2,1H3,(H2,13,15)(H,14,16). The van der Waals surface area contributed by atoms with E-state index in [-0.39, 0.29) is 6.61 Å². The lowest BCUT2D eigenvalue weighted by atomic mass is 10.2. The number of amides is 2. The van der Waals surface area contributed by atoms with Crippen LogP contribution in [0.3, 0.4) is 0 Å². The maximum atomic E-state index is 11.6. The van der Waals surface area contributed by atoms with Crippen LogP contribution in [0.1, 0.15) is 23.7 Å². The van der Waals surface area contributed by atoms with Gasteiger partial charge in [0, 0.05) is 5.56 Å². The van der Waals surface area contributed by atoms with Crippen molar-refractivity contribution < 1.29 is 19.2 Å². The van der Waals surface area contributed by atoms with Crippen LogP contribution in [0.2, 0.25) is 0 Å². The summed E-state index contributed by atoms with van der Waals surface area (Å²) < 4.78 is 5.39. The van der Waals surface area contributed by atoms with Gasteiger partial charge in [-0.05, 0) is 24.6 Å². The summed E-state index contributed by atoms with van der Waals surface area (Å²) in [5, 5.41) is 0. The number of nitrogens with two attached hydrogens (primary N) is 1. The fourth-order valence-electron chi connectivity index (χ4n) is 1.18. The summed E-state index contributed by atoms with van der Waals surface area (Å²) >= 11 is 0. The van der Waals surface area contributed by atoms with Crippen molar-refractivity contribution in [2.45, 2.75) is 13.3 Å². The lowest BCUT2D eigenvalue weighted by Gasteiger charge is -2.07. The average molecular weight is 252 g/mol. The van der Waals surface area contributed by atoms with Gasteiger partial charge in [-0.25, -0.2) is 5.48 Å². The number of carbonyl (C=O) groups excluding carboxylic acids is 2. The van der Waals surface area contributed by atoms with Gasteiger partial charge >= 0.3 is 0 Å². The SMILES string of the molecule is CCCOc1cccc(C(=O)NOCC(N)=O)c1. The normalized spacial score (nSPS) is 9.83. The maximum Gasteiger partial charge on any atom is 0.274 e. The molecule has 0 heterocycles. The van der Waals surface area contributed by atoms with Crippen LogP contribution in [-0.2, 0) is 9.63 Å². The number of carbonyl (C=O) groups is 2. The Morgan fingerprint density at radius 3 is 2.83 bits per heavy atom. The smallest absolute Gasteiger partial charge is 0.274 e. The molecule has 1 aromatic rings. The second kappa shape index (κ2) is 7.29. The first kappa shape index (κ1) is 14.0. The molecule has 6 heteroatoms. The maximum absolute atomic E-state index is 11.6. The molecule has 3 N–H and O–H groups in total. The monoisotopic (exact) mass is 252 g/mol. The predicted molar refractivity (Wildman–Crippen MR) is 64.8 cm³/mol. The fourth-order valence-corrected chi connectivity index (χ4v) is 1.18. The highest BCUT2D eigenvalue weighted by Crippen LogP contribution is 2.13. The molecule has 0 bridgehead atoms. The average Bonchev–Trinajstić information content (AvgIpc) is 2.36. The number of rotatable bonds is 7. The van der Waals surface area contributed by atoms with E-state index >= 15 is 0 Å². The van der Waals surface area contributed by atoms with Gasteiger partial charge in [0.05, 0.1) is 6.61 Å². The lowest BCUT2D eigenvalue weighted by Crippen LogP contribution is -2.29. The molecule has 1 aromatic carbocycles. The summed E-state index contributed by atoms with van der Waals surface area (Å²) in [7, 11) is 0. The Morgan fingerprint density at radius 1 is 1.39 bits per heavy atom. The Bertz CT molecular complexity index is 420. The molecule has 0 atom stereocenters. The first-order valence-electron chi connectivity index (χ1n) is 5.56. The van der Waals surface area contributed by atoms with Crippen LogP contribution in [0.5, 0.6) is 5.75 Å². The topological polar surface area (TPSA) is 90.7 Å². The Kier molecular flexibility index (Phi) is 5.66. The molecule has 0 saturated heterocycles. The summed E-state index contributed by atoms with van der Waals surface area (Å²) in [4.78, 5) is 26.6. The van der Waals surface area contributed by atoms with E-state index < -0.39 is 11.8 Å². The first-order chi connectivity index (χ1) is 8.63. The van der Waals surface area contributed by atoms with Crippen LogP contribution in [0.25, 0.3) is 0 Å². The van der Waals surface area contributed by atoms with Crippen molar-refractivity contribution in [3.63, 3.8) is 0 Å². The molecular weight excluding hydrogens is 236 g/mol. The summed E-state index contributed by atoms with van der Waals surface area (Å²) in [6.07, 6.45) is 0.887. The van der Waals surface area contributed by atoms with Crippen molar-refractivity contribution in [3.8, 4) is 5.75 Å². The summed E-state index contributed by atoms with van der Waals surface area (Å²) in [5.41, 5.74) is 7.36. The molecule has 0 unspecified atom stereocenters. The van der Waals surface area contributed by atoms with Gasteiger partial charge in [0.15, 0.2) is 6.61 Å². The van der Waals surface area contributed by atoms with Crippen LogP contribution in [-0.4, -0.2) is 25.0 Å². The minimum absolute atomic E-state index is 0.363. The van der Waals surface area contributed by atoms with E-state index in [0.29, 0.717) is 17.9 Å². The first-order valence-corrected chi connectivity index (χ1v) is 5.56. The number of hydrogen-bond donors (Lipinski definition) is 2. The Balaban J connectivity index is 2.54. The third-order valence-corrected chi connectivity index (χ3v) is 1.95. The van der Waals surface area contributed by atoms with Gasteiger partial charge in [-0.1, -0.05) is 13.0 Å². The molecule has 0 aliphatic heterocycles. The highest BCUT2D eigenvalue weighted by atomic mass is 16.7. The molecule has 2 amide bonds.